The third-order valence-corrected chi connectivity index (χ3v) is 6.67. The van der Waals surface area contributed by atoms with E-state index in [1.54, 1.807) is 52.1 Å². The second-order valence-electron chi connectivity index (χ2n) is 7.90. The molecule has 0 amide bonds. The van der Waals surface area contributed by atoms with Gasteiger partial charge in [0.2, 0.25) is 5.75 Å². The van der Waals surface area contributed by atoms with Crippen molar-refractivity contribution < 1.29 is 24.1 Å². The number of hydrogen-bond acceptors (Lipinski definition) is 10. The Morgan fingerprint density at radius 2 is 1.84 bits per heavy atom. The molecule has 0 aliphatic carbocycles. The Morgan fingerprint density at radius 1 is 1.05 bits per heavy atom. The molecule has 11 heteroatoms. The smallest absolute Gasteiger partial charge is 0.203 e. The second-order valence-corrected chi connectivity index (χ2v) is 9.02. The predicted octanol–water partition coefficient (Wildman–Crippen LogP) is 4.62. The monoisotopic (exact) mass is 517 g/mol. The van der Waals surface area contributed by atoms with E-state index in [0.717, 1.165) is 22.2 Å². The molecule has 37 heavy (non-hydrogen) atoms. The number of thiophene rings is 1. The van der Waals surface area contributed by atoms with Crippen molar-refractivity contribution in [2.24, 2.45) is 0 Å². The van der Waals surface area contributed by atoms with Gasteiger partial charge in [0.1, 0.15) is 29.1 Å². The van der Waals surface area contributed by atoms with Crippen molar-refractivity contribution in [3.8, 4) is 34.3 Å². The standard InChI is InChI=1S/C26H23N5O5S/c1-34-20-8-17(9-21(35-2)23(20)36-3)31-11-22(27-14-31)28-25-19-10-18(13-33)37-26(19)30-24(29-25)16-6-4-5-15(7-16)12-32/h4-12,14,33H,13H2,1-3H3,(H,28,29,30). The molecule has 0 aliphatic heterocycles. The number of nitrogens with zero attached hydrogens (tertiary/aromatic N) is 4. The highest BCUT2D eigenvalue weighted by Crippen LogP contribution is 2.39. The van der Waals surface area contributed by atoms with E-state index < -0.39 is 0 Å². The van der Waals surface area contributed by atoms with Gasteiger partial charge >= 0.3 is 0 Å². The Bertz CT molecular complexity index is 1570. The summed E-state index contributed by atoms with van der Waals surface area (Å²) in [6.07, 6.45) is 4.25. The van der Waals surface area contributed by atoms with Gasteiger partial charge in [-0.1, -0.05) is 18.2 Å². The van der Waals surface area contributed by atoms with Crippen molar-refractivity contribution in [2.75, 3.05) is 26.6 Å². The summed E-state index contributed by atoms with van der Waals surface area (Å²) < 4.78 is 18.1. The van der Waals surface area contributed by atoms with Crippen molar-refractivity contribution in [2.45, 2.75) is 6.61 Å². The molecule has 0 fully saturated rings. The molecule has 0 bridgehead atoms. The molecule has 0 unspecified atom stereocenters. The van der Waals surface area contributed by atoms with Crippen LogP contribution in [0.25, 0.3) is 27.3 Å². The van der Waals surface area contributed by atoms with Crippen molar-refractivity contribution in [1.29, 1.82) is 0 Å². The van der Waals surface area contributed by atoms with Gasteiger partial charge in [-0.25, -0.2) is 15.0 Å². The Labute approximate surface area is 216 Å². The van der Waals surface area contributed by atoms with Gasteiger partial charge < -0.3 is 29.2 Å². The molecule has 5 aromatic rings. The number of carbonyl (C=O) groups excluding carboxylic acids is 1. The van der Waals surface area contributed by atoms with Gasteiger partial charge in [0.15, 0.2) is 17.3 Å². The Hall–Kier alpha value is -4.48. The molecule has 2 aromatic carbocycles. The number of aliphatic hydroxyl groups is 1. The highest BCUT2D eigenvalue weighted by molar-refractivity contribution is 7.18. The highest BCUT2D eigenvalue weighted by atomic mass is 32.1. The first kappa shape index (κ1) is 24.2. The number of nitrogens with one attached hydrogen (secondary N) is 1. The van der Waals surface area contributed by atoms with Crippen LogP contribution in [0.3, 0.4) is 0 Å². The average molecular weight is 518 g/mol. The van der Waals surface area contributed by atoms with Crippen LogP contribution in [-0.4, -0.2) is 52.2 Å². The summed E-state index contributed by atoms with van der Waals surface area (Å²) in [6.45, 7) is -0.105. The molecule has 0 radical (unpaired) electrons. The van der Waals surface area contributed by atoms with E-state index >= 15 is 0 Å². The molecule has 0 saturated carbocycles. The second kappa shape index (κ2) is 10.2. The van der Waals surface area contributed by atoms with Crippen LogP contribution in [0.2, 0.25) is 0 Å². The summed E-state index contributed by atoms with van der Waals surface area (Å²) in [7, 11) is 4.68. The number of imidazole rings is 1. The third kappa shape index (κ3) is 4.69. The number of rotatable bonds is 9. The number of aldehydes is 1. The topological polar surface area (TPSA) is 121 Å². The molecule has 0 aliphatic rings. The lowest BCUT2D eigenvalue weighted by Crippen LogP contribution is -1.99. The van der Waals surface area contributed by atoms with E-state index in [4.69, 9.17) is 19.2 Å². The lowest BCUT2D eigenvalue weighted by molar-refractivity contribution is 0.112. The molecule has 0 saturated heterocycles. The van der Waals surface area contributed by atoms with Crippen LogP contribution in [0.5, 0.6) is 17.2 Å². The first-order valence-electron chi connectivity index (χ1n) is 11.1. The molecule has 3 heterocycles. The summed E-state index contributed by atoms with van der Waals surface area (Å²) in [5.41, 5.74) is 1.99. The zero-order valence-electron chi connectivity index (χ0n) is 20.3. The Morgan fingerprint density at radius 3 is 2.51 bits per heavy atom. The first-order chi connectivity index (χ1) is 18.1. The summed E-state index contributed by atoms with van der Waals surface area (Å²) in [4.78, 5) is 26.6. The lowest BCUT2D eigenvalue weighted by Gasteiger charge is -2.14. The van der Waals surface area contributed by atoms with Crippen LogP contribution in [0, 0.1) is 0 Å². The van der Waals surface area contributed by atoms with Gasteiger partial charge in [-0.05, 0) is 12.1 Å². The van der Waals surface area contributed by atoms with Crippen LogP contribution < -0.4 is 19.5 Å². The Kier molecular flexibility index (Phi) is 6.71. The predicted molar refractivity (Wildman–Crippen MR) is 141 cm³/mol. The fourth-order valence-corrected chi connectivity index (χ4v) is 4.78. The van der Waals surface area contributed by atoms with Crippen LogP contribution in [0.1, 0.15) is 15.2 Å². The van der Waals surface area contributed by atoms with Crippen molar-refractivity contribution in [3.63, 3.8) is 0 Å². The molecule has 2 N–H and O–H groups in total. The molecule has 0 atom stereocenters. The maximum atomic E-state index is 11.3. The molecule has 3 aromatic heterocycles. The number of ether oxygens (including phenoxy) is 3. The third-order valence-electron chi connectivity index (χ3n) is 5.66. The van der Waals surface area contributed by atoms with E-state index in [2.05, 4.69) is 15.3 Å². The molecular weight excluding hydrogens is 494 g/mol. The van der Waals surface area contributed by atoms with Crippen LogP contribution in [0.15, 0.2) is 55.0 Å². The fourth-order valence-electron chi connectivity index (χ4n) is 3.89. The molecular formula is C26H23N5O5S. The zero-order valence-corrected chi connectivity index (χ0v) is 21.1. The number of hydrogen-bond donors (Lipinski definition) is 2. The van der Waals surface area contributed by atoms with Gasteiger partial charge in [-0.3, -0.25) is 4.79 Å². The molecule has 188 valence electrons. The fraction of sp³-hybridized carbons (Fsp3) is 0.154. The summed E-state index contributed by atoms with van der Waals surface area (Å²) in [6, 6.07) is 12.6. The number of anilines is 2. The number of aliphatic hydroxyl groups excluding tert-OH is 1. The van der Waals surface area contributed by atoms with Gasteiger partial charge in [-0.15, -0.1) is 11.3 Å². The van der Waals surface area contributed by atoms with E-state index in [1.807, 2.05) is 28.8 Å². The molecule has 10 nitrogen and oxygen atoms in total. The SMILES string of the molecule is COc1cc(-n2cnc(Nc3nc(-c4cccc(C=O)c4)nc4sc(CO)cc34)c2)cc(OC)c1OC. The average Bonchev–Trinajstić information content (AvgIpc) is 3.59. The van der Waals surface area contributed by atoms with Crippen LogP contribution in [0.4, 0.5) is 11.6 Å². The van der Waals surface area contributed by atoms with E-state index in [-0.39, 0.29) is 6.61 Å². The summed E-state index contributed by atoms with van der Waals surface area (Å²) >= 11 is 1.38. The first-order valence-corrected chi connectivity index (χ1v) is 12.0. The highest BCUT2D eigenvalue weighted by Gasteiger charge is 2.17. The maximum absolute atomic E-state index is 11.3. The quantitative estimate of drug-likeness (QED) is 0.270. The number of fused-ring (bicyclic) bond motifs is 1. The van der Waals surface area contributed by atoms with E-state index in [1.165, 1.54) is 11.3 Å². The van der Waals surface area contributed by atoms with Gasteiger partial charge in [0, 0.05) is 28.1 Å². The number of benzene rings is 2. The number of aromatic nitrogens is 4. The minimum atomic E-state index is -0.105. The molecule has 5 rings (SSSR count). The maximum Gasteiger partial charge on any atom is 0.203 e. The van der Waals surface area contributed by atoms with E-state index in [0.29, 0.717) is 50.7 Å². The largest absolute Gasteiger partial charge is 0.493 e. The summed E-state index contributed by atoms with van der Waals surface area (Å²) in [5, 5.41) is 13.7. The zero-order chi connectivity index (χ0) is 25.9. The van der Waals surface area contributed by atoms with Crippen molar-refractivity contribution in [3.05, 3.63) is 65.4 Å². The normalized spacial score (nSPS) is 10.9. The Balaban J connectivity index is 1.54. The number of methoxy groups -OCH3 is 3. The molecule has 0 spiro atoms. The minimum absolute atomic E-state index is 0.105. The van der Waals surface area contributed by atoms with Crippen LogP contribution in [-0.2, 0) is 6.61 Å². The number of carbonyl (C=O) groups is 1. The van der Waals surface area contributed by atoms with Gasteiger partial charge in [0.05, 0.1) is 45.2 Å². The van der Waals surface area contributed by atoms with Crippen LogP contribution >= 0.6 is 11.3 Å². The van der Waals surface area contributed by atoms with Gasteiger partial charge in [-0.2, -0.15) is 0 Å². The minimum Gasteiger partial charge on any atom is -0.493 e. The van der Waals surface area contributed by atoms with Crippen molar-refractivity contribution in [1.82, 2.24) is 19.5 Å². The van der Waals surface area contributed by atoms with Crippen molar-refractivity contribution >= 4 is 39.5 Å². The lowest BCUT2D eigenvalue weighted by atomic mass is 10.1. The van der Waals surface area contributed by atoms with Gasteiger partial charge in [0.25, 0.3) is 0 Å². The summed E-state index contributed by atoms with van der Waals surface area (Å²) in [5.74, 6) is 3.07. The van der Waals surface area contributed by atoms with E-state index in [9.17, 15) is 9.90 Å².